The molecule has 1 N–H and O–H groups in total. The van der Waals surface area contributed by atoms with Crippen LogP contribution >= 0.6 is 22.7 Å². The molecule has 0 radical (unpaired) electrons. The molecule has 1 fully saturated rings. The molecule has 3 heterocycles. The van der Waals surface area contributed by atoms with Gasteiger partial charge in [0.25, 0.3) is 5.91 Å². The van der Waals surface area contributed by atoms with E-state index in [1.807, 2.05) is 11.0 Å². The van der Waals surface area contributed by atoms with Gasteiger partial charge in [0, 0.05) is 27.2 Å². The number of para-hydroxylation sites is 1. The molecule has 0 aliphatic carbocycles. The van der Waals surface area contributed by atoms with Crippen LogP contribution in [0.1, 0.15) is 15.4 Å². The lowest BCUT2D eigenvalue weighted by molar-refractivity contribution is -0.120. The van der Waals surface area contributed by atoms with Gasteiger partial charge in [0.1, 0.15) is 16.2 Å². The minimum atomic E-state index is -0.336. The zero-order valence-corrected chi connectivity index (χ0v) is 17.2. The van der Waals surface area contributed by atoms with E-state index in [0.717, 1.165) is 4.70 Å². The minimum Gasteiger partial charge on any atom is -0.346 e. The quantitative estimate of drug-likeness (QED) is 0.703. The number of halogens is 1. The van der Waals surface area contributed by atoms with Gasteiger partial charge in [-0.05, 0) is 19.1 Å². The molecule has 0 bridgehead atoms. The van der Waals surface area contributed by atoms with Crippen LogP contribution < -0.4 is 10.2 Å². The summed E-state index contributed by atoms with van der Waals surface area (Å²) < 4.78 is 14.6. The van der Waals surface area contributed by atoms with Gasteiger partial charge in [0.2, 0.25) is 5.91 Å². The van der Waals surface area contributed by atoms with Crippen molar-refractivity contribution in [3.05, 3.63) is 34.6 Å². The maximum Gasteiger partial charge on any atom is 0.265 e. The van der Waals surface area contributed by atoms with Crippen LogP contribution in [0.4, 0.5) is 14.7 Å². The van der Waals surface area contributed by atoms with Crippen molar-refractivity contribution >= 4 is 55.0 Å². The number of rotatable bonds is 4. The van der Waals surface area contributed by atoms with Gasteiger partial charge in [0.05, 0.1) is 16.3 Å². The maximum atomic E-state index is 13.8. The number of nitrogens with one attached hydrogen (secondary N) is 1. The normalized spacial score (nSPS) is 14.2. The number of carbonyl (C=O) groups is 2. The van der Waals surface area contributed by atoms with Crippen molar-refractivity contribution in [1.29, 1.82) is 0 Å². The predicted molar refractivity (Wildman–Crippen MR) is 109 cm³/mol. The van der Waals surface area contributed by atoms with Gasteiger partial charge in [-0.3, -0.25) is 9.59 Å². The topological polar surface area (TPSA) is 78.4 Å². The summed E-state index contributed by atoms with van der Waals surface area (Å²) >= 11 is 2.59. The van der Waals surface area contributed by atoms with Gasteiger partial charge >= 0.3 is 0 Å². The second-order valence-corrected chi connectivity index (χ2v) is 8.82. The van der Waals surface area contributed by atoms with Crippen LogP contribution in [0.15, 0.2) is 18.2 Å². The number of carbonyl (C=O) groups excluding carboxylic acids is 2. The molecule has 0 spiro atoms. The fraction of sp³-hybridized carbons (Fsp3) is 0.333. The minimum absolute atomic E-state index is 0.131. The van der Waals surface area contributed by atoms with Gasteiger partial charge in [-0.1, -0.05) is 28.7 Å². The number of hydrogen-bond acceptors (Lipinski definition) is 7. The highest BCUT2D eigenvalue weighted by molar-refractivity contribution is 7.22. The summed E-state index contributed by atoms with van der Waals surface area (Å²) in [6.45, 7) is 2.78. The monoisotopic (exact) mass is 419 g/mol. The van der Waals surface area contributed by atoms with Crippen LogP contribution in [0.2, 0.25) is 0 Å². The van der Waals surface area contributed by atoms with E-state index in [9.17, 15) is 14.0 Å². The molecule has 7 nitrogen and oxygen atoms in total. The molecule has 3 aromatic rings. The SMILES string of the molecule is Cc1nc(NC(=O)C2CN(c3nc4c(F)cccc4s3)C2)sc1C(=O)N(C)C. The summed E-state index contributed by atoms with van der Waals surface area (Å²) in [5, 5.41) is 3.94. The molecular formula is C18H18FN5O2S2. The average molecular weight is 420 g/mol. The molecule has 2 aromatic heterocycles. The summed E-state index contributed by atoms with van der Waals surface area (Å²) in [5.41, 5.74) is 0.970. The number of aromatic nitrogens is 2. The fourth-order valence-corrected chi connectivity index (χ4v) is 4.89. The molecule has 1 saturated heterocycles. The number of aryl methyl sites for hydroxylation is 1. The first-order valence-electron chi connectivity index (χ1n) is 8.63. The lowest BCUT2D eigenvalue weighted by Crippen LogP contribution is -2.52. The number of hydrogen-bond donors (Lipinski definition) is 1. The van der Waals surface area contributed by atoms with Crippen LogP contribution in [-0.2, 0) is 4.79 Å². The zero-order valence-electron chi connectivity index (χ0n) is 15.5. The largest absolute Gasteiger partial charge is 0.346 e. The maximum absolute atomic E-state index is 13.8. The molecule has 28 heavy (non-hydrogen) atoms. The van der Waals surface area contributed by atoms with E-state index in [1.54, 1.807) is 27.1 Å². The Balaban J connectivity index is 1.39. The molecule has 0 atom stereocenters. The number of thiazole rings is 2. The van der Waals surface area contributed by atoms with Crippen molar-refractivity contribution < 1.29 is 14.0 Å². The summed E-state index contributed by atoms with van der Waals surface area (Å²) in [4.78, 5) is 37.2. The van der Waals surface area contributed by atoms with Crippen molar-refractivity contribution in [2.24, 2.45) is 5.92 Å². The summed E-state index contributed by atoms with van der Waals surface area (Å²) in [7, 11) is 3.35. The molecule has 10 heteroatoms. The molecule has 1 aliphatic rings. The van der Waals surface area contributed by atoms with E-state index in [0.29, 0.717) is 39.4 Å². The molecule has 0 unspecified atom stereocenters. The van der Waals surface area contributed by atoms with Crippen molar-refractivity contribution in [2.75, 3.05) is 37.4 Å². The summed E-state index contributed by atoms with van der Waals surface area (Å²) in [6.07, 6.45) is 0. The Bertz CT molecular complexity index is 1070. The van der Waals surface area contributed by atoms with Crippen molar-refractivity contribution in [2.45, 2.75) is 6.92 Å². The molecule has 4 rings (SSSR count). The van der Waals surface area contributed by atoms with Crippen molar-refractivity contribution in [3.63, 3.8) is 0 Å². The molecule has 1 aliphatic heterocycles. The third-order valence-corrected chi connectivity index (χ3v) is 6.65. The van der Waals surface area contributed by atoms with E-state index in [4.69, 9.17) is 0 Å². The van der Waals surface area contributed by atoms with Crippen molar-refractivity contribution in [1.82, 2.24) is 14.9 Å². The molecule has 0 saturated carbocycles. The number of fused-ring (bicyclic) bond motifs is 1. The Hall–Kier alpha value is -2.59. The average Bonchev–Trinajstić information content (AvgIpc) is 3.17. The second kappa shape index (κ2) is 7.10. The van der Waals surface area contributed by atoms with Gasteiger partial charge in [-0.15, -0.1) is 0 Å². The Morgan fingerprint density at radius 1 is 1.25 bits per heavy atom. The van der Waals surface area contributed by atoms with Gasteiger partial charge in [-0.2, -0.15) is 0 Å². The van der Waals surface area contributed by atoms with Crippen LogP contribution in [0.25, 0.3) is 10.2 Å². The third-order valence-electron chi connectivity index (χ3n) is 4.51. The molecule has 1 aromatic carbocycles. The van der Waals surface area contributed by atoms with Crippen LogP contribution in [0.3, 0.4) is 0 Å². The standard InChI is InChI=1S/C18H18FN5O2S2/c1-9-14(16(26)23(2)3)28-17(20-9)22-15(25)10-7-24(8-10)18-21-13-11(19)5-4-6-12(13)27-18/h4-6,10H,7-8H2,1-3H3,(H,20,22,25). The van der Waals surface area contributed by atoms with Crippen LogP contribution in [0.5, 0.6) is 0 Å². The first-order valence-corrected chi connectivity index (χ1v) is 10.3. The highest BCUT2D eigenvalue weighted by atomic mass is 32.1. The van der Waals surface area contributed by atoms with Gasteiger partial charge < -0.3 is 15.1 Å². The van der Waals surface area contributed by atoms with Gasteiger partial charge in [0.15, 0.2) is 10.3 Å². The Morgan fingerprint density at radius 3 is 2.68 bits per heavy atom. The van der Waals surface area contributed by atoms with E-state index in [2.05, 4.69) is 15.3 Å². The zero-order chi connectivity index (χ0) is 20.0. The molecule has 146 valence electrons. The van der Waals surface area contributed by atoms with E-state index in [-0.39, 0.29) is 23.5 Å². The van der Waals surface area contributed by atoms with E-state index < -0.39 is 0 Å². The Labute approximate surface area is 168 Å². The Morgan fingerprint density at radius 2 is 2.00 bits per heavy atom. The number of benzene rings is 1. The third kappa shape index (κ3) is 3.33. The van der Waals surface area contributed by atoms with Crippen molar-refractivity contribution in [3.8, 4) is 0 Å². The second-order valence-electron chi connectivity index (χ2n) is 6.81. The number of anilines is 2. The Kier molecular flexibility index (Phi) is 4.76. The fourth-order valence-electron chi connectivity index (χ4n) is 2.90. The van der Waals surface area contributed by atoms with E-state index >= 15 is 0 Å². The predicted octanol–water partition coefficient (Wildman–Crippen LogP) is 2.98. The lowest BCUT2D eigenvalue weighted by atomic mass is 10.0. The van der Waals surface area contributed by atoms with E-state index in [1.165, 1.54) is 33.6 Å². The van der Waals surface area contributed by atoms with Crippen LogP contribution in [-0.4, -0.2) is 53.9 Å². The lowest BCUT2D eigenvalue weighted by Gasteiger charge is -2.37. The smallest absolute Gasteiger partial charge is 0.265 e. The number of nitrogens with zero attached hydrogens (tertiary/aromatic N) is 4. The van der Waals surface area contributed by atoms with Gasteiger partial charge in [-0.25, -0.2) is 14.4 Å². The van der Waals surface area contributed by atoms with Crippen LogP contribution in [0, 0.1) is 18.7 Å². The molecular weight excluding hydrogens is 401 g/mol. The first kappa shape index (κ1) is 18.8. The number of amides is 2. The highest BCUT2D eigenvalue weighted by Gasteiger charge is 2.35. The molecule has 2 amide bonds. The first-order chi connectivity index (χ1) is 13.3. The summed E-state index contributed by atoms with van der Waals surface area (Å²) in [6, 6.07) is 4.89. The summed E-state index contributed by atoms with van der Waals surface area (Å²) in [5.74, 6) is -0.805. The highest BCUT2D eigenvalue weighted by Crippen LogP contribution is 2.34.